The second-order valence-electron chi connectivity index (χ2n) is 4.53. The predicted octanol–water partition coefficient (Wildman–Crippen LogP) is 2.70. The van der Waals surface area contributed by atoms with Gasteiger partial charge >= 0.3 is 12.1 Å². The topological polar surface area (TPSA) is 49.3 Å². The van der Waals surface area contributed by atoms with Crippen LogP contribution in [0, 0.1) is 0 Å². The smallest absolute Gasteiger partial charge is 0.416 e. The fourth-order valence-electron chi connectivity index (χ4n) is 1.74. The summed E-state index contributed by atoms with van der Waals surface area (Å²) in [5.41, 5.74) is 0.0429. The minimum Gasteiger partial charge on any atom is -0.480 e. The fraction of sp³-hybridized carbons (Fsp3) is 0.462. The number of alkyl halides is 3. The van der Waals surface area contributed by atoms with E-state index in [-0.39, 0.29) is 6.04 Å². The second kappa shape index (κ2) is 6.06. The van der Waals surface area contributed by atoms with Crippen molar-refractivity contribution < 1.29 is 23.1 Å². The molecule has 0 aliphatic heterocycles. The minimum absolute atomic E-state index is 0.136. The van der Waals surface area contributed by atoms with Crippen LogP contribution in [-0.4, -0.2) is 23.2 Å². The summed E-state index contributed by atoms with van der Waals surface area (Å²) in [4.78, 5) is 10.7. The van der Waals surface area contributed by atoms with E-state index >= 15 is 0 Å². The van der Waals surface area contributed by atoms with Gasteiger partial charge in [0.05, 0.1) is 5.56 Å². The van der Waals surface area contributed by atoms with E-state index in [0.29, 0.717) is 6.42 Å². The summed E-state index contributed by atoms with van der Waals surface area (Å²) in [6.45, 7) is 3.31. The molecular formula is C13H16F3NO2. The maximum atomic E-state index is 12.4. The maximum Gasteiger partial charge on any atom is 0.416 e. The third-order valence-electron chi connectivity index (χ3n) is 2.73. The second-order valence-corrected chi connectivity index (χ2v) is 4.53. The van der Waals surface area contributed by atoms with Crippen LogP contribution >= 0.6 is 0 Å². The molecule has 2 N–H and O–H groups in total. The molecule has 0 saturated carbocycles. The van der Waals surface area contributed by atoms with Gasteiger partial charge < -0.3 is 10.4 Å². The van der Waals surface area contributed by atoms with Crippen LogP contribution in [0.2, 0.25) is 0 Å². The molecule has 0 spiro atoms. The zero-order chi connectivity index (χ0) is 14.6. The van der Waals surface area contributed by atoms with Crippen molar-refractivity contribution in [2.45, 2.75) is 38.5 Å². The average Bonchev–Trinajstić information content (AvgIpc) is 2.28. The van der Waals surface area contributed by atoms with Crippen LogP contribution in [-0.2, 0) is 17.4 Å². The van der Waals surface area contributed by atoms with Crippen molar-refractivity contribution in [3.8, 4) is 0 Å². The van der Waals surface area contributed by atoms with Gasteiger partial charge in [0.1, 0.15) is 6.04 Å². The Morgan fingerprint density at radius 1 is 1.26 bits per heavy atom. The van der Waals surface area contributed by atoms with Crippen molar-refractivity contribution in [1.82, 2.24) is 5.32 Å². The van der Waals surface area contributed by atoms with Crippen molar-refractivity contribution in [1.29, 1.82) is 0 Å². The molecule has 0 radical (unpaired) electrons. The van der Waals surface area contributed by atoms with E-state index in [1.165, 1.54) is 19.1 Å². The van der Waals surface area contributed by atoms with Crippen molar-refractivity contribution in [2.24, 2.45) is 0 Å². The molecule has 19 heavy (non-hydrogen) atoms. The Labute approximate surface area is 109 Å². The summed E-state index contributed by atoms with van der Waals surface area (Å²) < 4.78 is 37.1. The van der Waals surface area contributed by atoms with Gasteiger partial charge in [-0.05, 0) is 38.0 Å². The van der Waals surface area contributed by atoms with E-state index in [1.807, 2.05) is 0 Å². The molecule has 1 rings (SSSR count). The summed E-state index contributed by atoms with van der Waals surface area (Å²) in [6, 6.07) is 4.05. The summed E-state index contributed by atoms with van der Waals surface area (Å²) in [6.07, 6.45) is -3.87. The number of halogens is 3. The molecule has 3 nitrogen and oxygen atoms in total. The van der Waals surface area contributed by atoms with E-state index in [1.54, 1.807) is 6.92 Å². The van der Waals surface area contributed by atoms with Crippen LogP contribution in [0.25, 0.3) is 0 Å². The zero-order valence-corrected chi connectivity index (χ0v) is 10.7. The van der Waals surface area contributed by atoms with Crippen LogP contribution in [0.3, 0.4) is 0 Å². The normalized spacial score (nSPS) is 15.0. The highest BCUT2D eigenvalue weighted by Crippen LogP contribution is 2.29. The molecule has 1 unspecified atom stereocenters. The number of nitrogens with one attached hydrogen (secondary N) is 1. The number of carboxylic acid groups (broad SMARTS) is 1. The molecular weight excluding hydrogens is 259 g/mol. The van der Waals surface area contributed by atoms with Crippen LogP contribution < -0.4 is 5.32 Å². The molecule has 106 valence electrons. The summed E-state index contributed by atoms with van der Waals surface area (Å²) in [5, 5.41) is 11.6. The highest BCUT2D eigenvalue weighted by atomic mass is 19.4. The monoisotopic (exact) mass is 275 g/mol. The Kier molecular flexibility index (Phi) is 4.94. The molecule has 0 fully saturated rings. The van der Waals surface area contributed by atoms with E-state index in [0.717, 1.165) is 17.7 Å². The molecule has 2 atom stereocenters. The molecule has 1 aromatic carbocycles. The van der Waals surface area contributed by atoms with Gasteiger partial charge in [-0.1, -0.05) is 12.1 Å². The largest absolute Gasteiger partial charge is 0.480 e. The molecule has 0 heterocycles. The lowest BCUT2D eigenvalue weighted by Gasteiger charge is -2.17. The summed E-state index contributed by atoms with van der Waals surface area (Å²) in [5.74, 6) is -0.959. The summed E-state index contributed by atoms with van der Waals surface area (Å²) in [7, 11) is 0. The minimum atomic E-state index is -4.33. The molecule has 0 aromatic heterocycles. The lowest BCUT2D eigenvalue weighted by Crippen LogP contribution is -2.40. The van der Waals surface area contributed by atoms with Gasteiger partial charge in [0.25, 0.3) is 0 Å². The van der Waals surface area contributed by atoms with Gasteiger partial charge in [-0.15, -0.1) is 0 Å². The van der Waals surface area contributed by atoms with Crippen LogP contribution in [0.4, 0.5) is 13.2 Å². The third-order valence-corrected chi connectivity index (χ3v) is 2.73. The van der Waals surface area contributed by atoms with Crippen molar-refractivity contribution in [3.63, 3.8) is 0 Å². The van der Waals surface area contributed by atoms with E-state index in [2.05, 4.69) is 5.32 Å². The lowest BCUT2D eigenvalue weighted by atomic mass is 10.0. The molecule has 0 bridgehead atoms. The third kappa shape index (κ3) is 4.90. The Bertz CT molecular complexity index is 429. The molecule has 0 saturated heterocycles. The van der Waals surface area contributed by atoms with Crippen molar-refractivity contribution in [2.75, 3.05) is 0 Å². The number of aliphatic carboxylic acids is 1. The Morgan fingerprint density at radius 2 is 1.79 bits per heavy atom. The van der Waals surface area contributed by atoms with E-state index in [9.17, 15) is 18.0 Å². The number of rotatable bonds is 5. The Balaban J connectivity index is 2.61. The SMILES string of the molecule is CC(Cc1ccc(C(F)(F)F)cc1)N[C@H](C)C(=O)O. The molecule has 0 aliphatic carbocycles. The molecule has 0 amide bonds. The van der Waals surface area contributed by atoms with Crippen LogP contribution in [0.1, 0.15) is 25.0 Å². The van der Waals surface area contributed by atoms with Crippen molar-refractivity contribution >= 4 is 5.97 Å². The quantitative estimate of drug-likeness (QED) is 0.868. The molecule has 0 aliphatic rings. The number of benzene rings is 1. The number of carbonyl (C=O) groups is 1. The van der Waals surface area contributed by atoms with Gasteiger partial charge in [0, 0.05) is 6.04 Å². The number of carboxylic acids is 1. The number of hydrogen-bond acceptors (Lipinski definition) is 2. The van der Waals surface area contributed by atoms with Gasteiger partial charge in [-0.25, -0.2) is 0 Å². The Hall–Kier alpha value is -1.56. The highest BCUT2D eigenvalue weighted by molar-refractivity contribution is 5.72. The zero-order valence-electron chi connectivity index (χ0n) is 10.7. The first kappa shape index (κ1) is 15.5. The molecule has 6 heteroatoms. The van der Waals surface area contributed by atoms with Gasteiger partial charge in [0.2, 0.25) is 0 Å². The van der Waals surface area contributed by atoms with E-state index in [4.69, 9.17) is 5.11 Å². The summed E-state index contributed by atoms with van der Waals surface area (Å²) >= 11 is 0. The lowest BCUT2D eigenvalue weighted by molar-refractivity contribution is -0.139. The molecule has 1 aromatic rings. The Morgan fingerprint density at radius 3 is 2.21 bits per heavy atom. The standard InChI is InChI=1S/C13H16F3NO2/c1-8(17-9(2)12(18)19)7-10-3-5-11(6-4-10)13(14,15)16/h3-6,8-9,17H,7H2,1-2H3,(H,18,19)/t8?,9-/m1/s1. The van der Waals surface area contributed by atoms with Gasteiger partial charge in [-0.2, -0.15) is 13.2 Å². The maximum absolute atomic E-state index is 12.4. The predicted molar refractivity (Wildman–Crippen MR) is 64.8 cm³/mol. The van der Waals surface area contributed by atoms with E-state index < -0.39 is 23.8 Å². The van der Waals surface area contributed by atoms with Gasteiger partial charge in [0.15, 0.2) is 0 Å². The number of hydrogen-bond donors (Lipinski definition) is 2. The average molecular weight is 275 g/mol. The first-order chi connectivity index (χ1) is 8.70. The van der Waals surface area contributed by atoms with Crippen LogP contribution in [0.15, 0.2) is 24.3 Å². The first-order valence-electron chi connectivity index (χ1n) is 5.85. The van der Waals surface area contributed by atoms with Gasteiger partial charge in [-0.3, -0.25) is 4.79 Å². The van der Waals surface area contributed by atoms with Crippen molar-refractivity contribution in [3.05, 3.63) is 35.4 Å². The highest BCUT2D eigenvalue weighted by Gasteiger charge is 2.29. The van der Waals surface area contributed by atoms with Crippen LogP contribution in [0.5, 0.6) is 0 Å². The fourth-order valence-corrected chi connectivity index (χ4v) is 1.74. The first-order valence-corrected chi connectivity index (χ1v) is 5.85.